The molecule has 0 fully saturated rings. The zero-order valence-corrected chi connectivity index (χ0v) is 16.3. The predicted molar refractivity (Wildman–Crippen MR) is 100 cm³/mol. The Labute approximate surface area is 157 Å². The molecule has 2 amide bonds. The Bertz CT molecular complexity index is 619. The van der Waals surface area contributed by atoms with Crippen LogP contribution in [0.25, 0.3) is 0 Å². The van der Waals surface area contributed by atoms with Crippen molar-refractivity contribution in [3.63, 3.8) is 0 Å². The predicted octanol–water partition coefficient (Wildman–Crippen LogP) is 1.91. The molecule has 1 rings (SSSR count). The number of nitrogens with one attached hydrogen (secondary N) is 2. The third-order valence-electron chi connectivity index (χ3n) is 3.51. The van der Waals surface area contributed by atoms with Crippen LogP contribution in [-0.4, -0.2) is 47.8 Å². The summed E-state index contributed by atoms with van der Waals surface area (Å²) in [7, 11) is 0. The van der Waals surface area contributed by atoms with E-state index in [1.165, 1.54) is 0 Å². The molecule has 0 radical (unpaired) electrons. The molecule has 1 unspecified atom stereocenters. The number of amides is 2. The van der Waals surface area contributed by atoms with Gasteiger partial charge in [-0.1, -0.05) is 13.8 Å². The van der Waals surface area contributed by atoms with Gasteiger partial charge < -0.3 is 20.5 Å². The number of carbonyl (C=O) groups excluding carboxylic acids is 2. The number of hydrogen-bond acceptors (Lipinski definition) is 5. The Morgan fingerprint density at radius 2 is 1.77 bits per heavy atom. The van der Waals surface area contributed by atoms with Gasteiger partial charge in [0.15, 0.2) is 6.10 Å². The fourth-order valence-corrected chi connectivity index (χ4v) is 2.57. The van der Waals surface area contributed by atoms with Crippen molar-refractivity contribution in [2.24, 2.45) is 5.92 Å². The molecule has 1 aromatic carbocycles. The van der Waals surface area contributed by atoms with Crippen LogP contribution < -0.4 is 15.4 Å². The molecule has 3 N–H and O–H groups in total. The van der Waals surface area contributed by atoms with E-state index < -0.39 is 29.9 Å². The SMILES string of the molecule is CSc1ccc(OC(C)C(=O)NCC(=O)N[C@@H](CC(C)C)C(=O)O)cc1. The topological polar surface area (TPSA) is 105 Å². The Hall–Kier alpha value is -2.22. The summed E-state index contributed by atoms with van der Waals surface area (Å²) in [6.45, 7) is 5.01. The molecule has 2 atom stereocenters. The number of hydrogen-bond donors (Lipinski definition) is 3. The average Bonchev–Trinajstić information content (AvgIpc) is 2.59. The second-order valence-electron chi connectivity index (χ2n) is 6.24. The maximum atomic E-state index is 12.0. The van der Waals surface area contributed by atoms with Gasteiger partial charge in [-0.2, -0.15) is 0 Å². The second kappa shape index (κ2) is 10.7. The van der Waals surface area contributed by atoms with Gasteiger partial charge in [0, 0.05) is 4.90 Å². The molecule has 0 heterocycles. The summed E-state index contributed by atoms with van der Waals surface area (Å²) in [5, 5.41) is 14.0. The van der Waals surface area contributed by atoms with E-state index in [0.717, 1.165) is 4.90 Å². The van der Waals surface area contributed by atoms with Crippen molar-refractivity contribution in [2.45, 2.75) is 44.2 Å². The fourth-order valence-electron chi connectivity index (χ4n) is 2.16. The number of carboxylic acids is 1. The lowest BCUT2D eigenvalue weighted by Gasteiger charge is -2.18. The van der Waals surface area contributed by atoms with E-state index in [-0.39, 0.29) is 12.5 Å². The van der Waals surface area contributed by atoms with Gasteiger partial charge >= 0.3 is 5.97 Å². The van der Waals surface area contributed by atoms with E-state index in [0.29, 0.717) is 12.2 Å². The van der Waals surface area contributed by atoms with Crippen molar-refractivity contribution in [2.75, 3.05) is 12.8 Å². The summed E-state index contributed by atoms with van der Waals surface area (Å²) in [5.41, 5.74) is 0. The summed E-state index contributed by atoms with van der Waals surface area (Å²) >= 11 is 1.60. The maximum absolute atomic E-state index is 12.0. The minimum Gasteiger partial charge on any atom is -0.481 e. The van der Waals surface area contributed by atoms with Gasteiger partial charge in [0.05, 0.1) is 6.54 Å². The van der Waals surface area contributed by atoms with E-state index in [1.54, 1.807) is 30.8 Å². The zero-order chi connectivity index (χ0) is 19.7. The van der Waals surface area contributed by atoms with Gasteiger partial charge in [-0.15, -0.1) is 11.8 Å². The summed E-state index contributed by atoms with van der Waals surface area (Å²) in [4.78, 5) is 36.1. The van der Waals surface area contributed by atoms with Crippen LogP contribution in [0.2, 0.25) is 0 Å². The molecular weight excluding hydrogens is 356 g/mol. The van der Waals surface area contributed by atoms with Crippen LogP contribution >= 0.6 is 11.8 Å². The smallest absolute Gasteiger partial charge is 0.326 e. The van der Waals surface area contributed by atoms with Crippen LogP contribution in [-0.2, 0) is 14.4 Å². The number of benzene rings is 1. The molecule has 144 valence electrons. The van der Waals surface area contributed by atoms with Crippen LogP contribution in [0.3, 0.4) is 0 Å². The van der Waals surface area contributed by atoms with Gasteiger partial charge in [-0.3, -0.25) is 9.59 Å². The molecule has 0 aromatic heterocycles. The van der Waals surface area contributed by atoms with E-state index in [9.17, 15) is 14.4 Å². The first-order valence-electron chi connectivity index (χ1n) is 8.33. The van der Waals surface area contributed by atoms with E-state index >= 15 is 0 Å². The molecule has 0 aliphatic heterocycles. The lowest BCUT2D eigenvalue weighted by Crippen LogP contribution is -2.47. The summed E-state index contributed by atoms with van der Waals surface area (Å²) in [5.74, 6) is -1.42. The minimum atomic E-state index is -1.09. The van der Waals surface area contributed by atoms with Crippen LogP contribution in [0.4, 0.5) is 0 Å². The highest BCUT2D eigenvalue weighted by Gasteiger charge is 2.22. The number of ether oxygens (including phenoxy) is 1. The zero-order valence-electron chi connectivity index (χ0n) is 15.4. The quantitative estimate of drug-likeness (QED) is 0.534. The van der Waals surface area contributed by atoms with E-state index in [2.05, 4.69) is 10.6 Å². The molecule has 0 aliphatic carbocycles. The van der Waals surface area contributed by atoms with Crippen molar-refractivity contribution in [1.82, 2.24) is 10.6 Å². The largest absolute Gasteiger partial charge is 0.481 e. The second-order valence-corrected chi connectivity index (χ2v) is 7.12. The maximum Gasteiger partial charge on any atom is 0.326 e. The van der Waals surface area contributed by atoms with Gasteiger partial charge in [-0.05, 0) is 49.8 Å². The highest BCUT2D eigenvalue weighted by Crippen LogP contribution is 2.19. The molecule has 8 heteroatoms. The molecule has 7 nitrogen and oxygen atoms in total. The normalized spacial score (nSPS) is 13.0. The third kappa shape index (κ3) is 7.77. The van der Waals surface area contributed by atoms with Gasteiger partial charge in [0.25, 0.3) is 5.91 Å². The van der Waals surface area contributed by atoms with Crippen LogP contribution in [0.5, 0.6) is 5.75 Å². The van der Waals surface area contributed by atoms with Crippen LogP contribution in [0.15, 0.2) is 29.2 Å². The molecule has 26 heavy (non-hydrogen) atoms. The van der Waals surface area contributed by atoms with E-state index in [4.69, 9.17) is 9.84 Å². The Kier molecular flexibility index (Phi) is 8.98. The van der Waals surface area contributed by atoms with Gasteiger partial charge in [0.1, 0.15) is 11.8 Å². The number of rotatable bonds is 10. The molecule has 0 bridgehead atoms. The highest BCUT2D eigenvalue weighted by atomic mass is 32.2. The number of aliphatic carboxylic acids is 1. The Morgan fingerprint density at radius 3 is 2.27 bits per heavy atom. The molecule has 0 saturated carbocycles. The van der Waals surface area contributed by atoms with Crippen molar-refractivity contribution in [3.8, 4) is 5.75 Å². The van der Waals surface area contributed by atoms with Crippen LogP contribution in [0.1, 0.15) is 27.2 Å². The molecular formula is C18H26N2O5S. The van der Waals surface area contributed by atoms with Crippen molar-refractivity contribution in [1.29, 1.82) is 0 Å². The van der Waals surface area contributed by atoms with Crippen molar-refractivity contribution >= 4 is 29.5 Å². The Morgan fingerprint density at radius 1 is 1.15 bits per heavy atom. The van der Waals surface area contributed by atoms with E-state index in [1.807, 2.05) is 32.2 Å². The van der Waals surface area contributed by atoms with Gasteiger partial charge in [-0.25, -0.2) is 4.79 Å². The average molecular weight is 382 g/mol. The minimum absolute atomic E-state index is 0.122. The summed E-state index contributed by atoms with van der Waals surface area (Å²) in [6, 6.07) is 6.35. The fraction of sp³-hybridized carbons (Fsp3) is 0.500. The first-order valence-corrected chi connectivity index (χ1v) is 9.56. The summed E-state index contributed by atoms with van der Waals surface area (Å²) in [6.07, 6.45) is 1.50. The molecule has 0 spiro atoms. The first-order chi connectivity index (χ1) is 12.2. The molecule has 0 aliphatic rings. The molecule has 0 saturated heterocycles. The summed E-state index contributed by atoms with van der Waals surface area (Å²) < 4.78 is 5.53. The van der Waals surface area contributed by atoms with Gasteiger partial charge in [0.2, 0.25) is 5.91 Å². The monoisotopic (exact) mass is 382 g/mol. The third-order valence-corrected chi connectivity index (χ3v) is 4.25. The lowest BCUT2D eigenvalue weighted by atomic mass is 10.0. The van der Waals surface area contributed by atoms with Crippen molar-refractivity contribution in [3.05, 3.63) is 24.3 Å². The molecule has 1 aromatic rings. The number of carbonyl (C=O) groups is 3. The number of thioether (sulfide) groups is 1. The standard InChI is InChI=1S/C18H26N2O5S/c1-11(2)9-15(18(23)24)20-16(21)10-19-17(22)12(3)25-13-5-7-14(26-4)8-6-13/h5-8,11-12,15H,9-10H2,1-4H3,(H,19,22)(H,20,21)(H,23,24)/t12?,15-/m0/s1. The highest BCUT2D eigenvalue weighted by molar-refractivity contribution is 7.98. The van der Waals surface area contributed by atoms with Crippen LogP contribution in [0, 0.1) is 5.92 Å². The first kappa shape index (κ1) is 21.8. The Balaban J connectivity index is 2.45. The van der Waals surface area contributed by atoms with Crippen molar-refractivity contribution < 1.29 is 24.2 Å². The lowest BCUT2D eigenvalue weighted by molar-refractivity contribution is -0.142. The number of carboxylic acid groups (broad SMARTS) is 1.